The second kappa shape index (κ2) is 27.7. The quantitative estimate of drug-likeness (QED) is 0.0627. The molecule has 0 atom stereocenters. The summed E-state index contributed by atoms with van der Waals surface area (Å²) in [6, 6.07) is 134. The lowest BCUT2D eigenvalue weighted by Crippen LogP contribution is -2.65. The van der Waals surface area contributed by atoms with Gasteiger partial charge in [-0.3, -0.25) is 0 Å². The Morgan fingerprint density at radius 1 is 0.217 bits per heavy atom. The average Bonchev–Trinajstić information content (AvgIpc) is 0.683. The van der Waals surface area contributed by atoms with E-state index in [2.05, 4.69) is 385 Å². The van der Waals surface area contributed by atoms with E-state index in [1.807, 2.05) is 0 Å². The van der Waals surface area contributed by atoms with Crippen LogP contribution in [0.4, 0.5) is 68.2 Å². The fourth-order valence-electron chi connectivity index (χ4n) is 18.0. The Morgan fingerprint density at radius 3 is 0.811 bits per heavy atom. The standard InChI is InChI=1S/C100H80B2N4/c1-3-5-14-37-69-63-92-96-93(64-69)104(98-78(71-39-16-7-17-40-71)53-34-54-79(98)72-41-18-8-19-42-72)88-61-32-30-59-84(88)101(96)86-67-87-91(68-90(86)103(92)77-51-28-13-29-52-77)106(100-82(75-47-24-11-25-48-75)57-36-58-83(100)76-49-26-12-27-50-76)95-66-70(38-15-6-4-2)65-94-97(95)102(87)85-60-31-33-62-89(85)105(94)99-80(73-43-20-9-21-44-73)55-35-56-81(99)74-45-22-10-23-46-74/h7-13,16-36,39-68H,3-6,14-15,37-38H2,1-2H3. The van der Waals surface area contributed by atoms with E-state index in [1.54, 1.807) is 0 Å². The first-order chi connectivity index (χ1) is 52.6. The zero-order valence-electron chi connectivity index (χ0n) is 60.1. The molecule has 15 aromatic rings. The Labute approximate surface area is 625 Å². The van der Waals surface area contributed by atoms with Gasteiger partial charge in [0.1, 0.15) is 0 Å². The minimum atomic E-state index is -0.208. The highest BCUT2D eigenvalue weighted by atomic mass is 15.2. The maximum atomic E-state index is 2.76. The Hall–Kier alpha value is -12.4. The number of benzene rings is 15. The molecule has 19 rings (SSSR count). The van der Waals surface area contributed by atoms with E-state index in [0.717, 1.165) is 73.9 Å². The van der Waals surface area contributed by atoms with Gasteiger partial charge in [0.15, 0.2) is 0 Å². The lowest BCUT2D eigenvalue weighted by molar-refractivity contribution is 0.717. The molecule has 506 valence electrons. The van der Waals surface area contributed by atoms with E-state index < -0.39 is 0 Å². The molecule has 0 aromatic heterocycles. The van der Waals surface area contributed by atoms with Gasteiger partial charge in [0, 0.05) is 84.6 Å². The van der Waals surface area contributed by atoms with Gasteiger partial charge in [-0.25, -0.2) is 0 Å². The van der Waals surface area contributed by atoms with Gasteiger partial charge in [0.05, 0.1) is 17.1 Å². The van der Waals surface area contributed by atoms with E-state index >= 15 is 0 Å². The van der Waals surface area contributed by atoms with Gasteiger partial charge >= 0.3 is 0 Å². The molecular formula is C100H80B2N4. The Kier molecular flexibility index (Phi) is 16.8. The van der Waals surface area contributed by atoms with Crippen molar-refractivity contribution in [2.24, 2.45) is 0 Å². The summed E-state index contributed by atoms with van der Waals surface area (Å²) in [7, 11) is 0. The van der Waals surface area contributed by atoms with Crippen LogP contribution in [0.5, 0.6) is 0 Å². The van der Waals surface area contributed by atoms with E-state index in [-0.39, 0.29) is 13.4 Å². The maximum absolute atomic E-state index is 2.76. The highest BCUT2D eigenvalue weighted by molar-refractivity contribution is 7.03. The summed E-state index contributed by atoms with van der Waals surface area (Å²) in [5.41, 5.74) is 38.7. The van der Waals surface area contributed by atoms with Crippen LogP contribution >= 0.6 is 0 Å². The maximum Gasteiger partial charge on any atom is 0.252 e. The molecule has 0 amide bonds. The van der Waals surface area contributed by atoms with Gasteiger partial charge < -0.3 is 19.6 Å². The van der Waals surface area contributed by atoms with Crippen LogP contribution in [0.25, 0.3) is 66.8 Å². The first-order valence-electron chi connectivity index (χ1n) is 38.3. The first kappa shape index (κ1) is 64.5. The molecule has 0 unspecified atom stereocenters. The molecule has 0 fully saturated rings. The van der Waals surface area contributed by atoms with Crippen LogP contribution < -0.4 is 52.4 Å². The van der Waals surface area contributed by atoms with Crippen LogP contribution in [0, 0.1) is 0 Å². The summed E-state index contributed by atoms with van der Waals surface area (Å²) in [4.78, 5) is 10.8. The lowest BCUT2D eigenvalue weighted by atomic mass is 9.30. The van der Waals surface area contributed by atoms with Crippen molar-refractivity contribution in [3.63, 3.8) is 0 Å². The van der Waals surface area contributed by atoms with Crippen LogP contribution in [-0.2, 0) is 12.8 Å². The number of anilines is 12. The molecule has 0 spiro atoms. The number of hydrogen-bond donors (Lipinski definition) is 0. The van der Waals surface area contributed by atoms with Crippen molar-refractivity contribution < 1.29 is 0 Å². The van der Waals surface area contributed by atoms with E-state index in [1.165, 1.54) is 156 Å². The molecule has 0 radical (unpaired) electrons. The number of nitrogens with zero attached hydrogens (tertiary/aromatic N) is 4. The van der Waals surface area contributed by atoms with Gasteiger partial charge in [-0.05, 0) is 158 Å². The number of hydrogen-bond acceptors (Lipinski definition) is 4. The normalized spacial score (nSPS) is 12.8. The van der Waals surface area contributed by atoms with Gasteiger partial charge in [-0.15, -0.1) is 0 Å². The molecule has 0 saturated heterocycles. The zero-order valence-corrected chi connectivity index (χ0v) is 60.1. The van der Waals surface area contributed by atoms with Gasteiger partial charge in [0.25, 0.3) is 13.4 Å². The van der Waals surface area contributed by atoms with Gasteiger partial charge in [0.2, 0.25) is 0 Å². The number of unbranched alkanes of at least 4 members (excludes halogenated alkanes) is 4. The predicted molar refractivity (Wildman–Crippen MR) is 454 cm³/mol. The number of para-hydroxylation sites is 6. The van der Waals surface area contributed by atoms with Crippen molar-refractivity contribution >= 4 is 114 Å². The zero-order chi connectivity index (χ0) is 70.6. The van der Waals surface area contributed by atoms with Crippen molar-refractivity contribution in [3.05, 3.63) is 363 Å². The molecule has 4 heterocycles. The molecule has 4 aliphatic heterocycles. The molecule has 6 heteroatoms. The second-order valence-corrected chi connectivity index (χ2v) is 28.9. The predicted octanol–water partition coefficient (Wildman–Crippen LogP) is 23.3. The fraction of sp³-hybridized carbons (Fsp3) is 0.100. The summed E-state index contributed by atoms with van der Waals surface area (Å²) >= 11 is 0. The third-order valence-electron chi connectivity index (χ3n) is 22.6. The monoisotopic (exact) mass is 1360 g/mol. The molecule has 0 saturated carbocycles. The largest absolute Gasteiger partial charge is 0.311 e. The number of fused-ring (bicyclic) bond motifs is 8. The summed E-state index contributed by atoms with van der Waals surface area (Å²) in [6.45, 7) is 4.27. The molecule has 106 heavy (non-hydrogen) atoms. The molecule has 4 aliphatic rings. The van der Waals surface area contributed by atoms with Crippen molar-refractivity contribution in [3.8, 4) is 66.8 Å². The highest BCUT2D eigenvalue weighted by Crippen LogP contribution is 2.56. The Morgan fingerprint density at radius 2 is 0.491 bits per heavy atom. The molecule has 0 bridgehead atoms. The minimum Gasteiger partial charge on any atom is -0.311 e. The fourth-order valence-corrected chi connectivity index (χ4v) is 18.0. The second-order valence-electron chi connectivity index (χ2n) is 28.9. The molecule has 0 aliphatic carbocycles. The average molecular weight is 1360 g/mol. The van der Waals surface area contributed by atoms with Crippen molar-refractivity contribution in [1.29, 1.82) is 0 Å². The van der Waals surface area contributed by atoms with E-state index in [9.17, 15) is 0 Å². The summed E-state index contributed by atoms with van der Waals surface area (Å²) in [5, 5.41) is 0. The Bertz CT molecular complexity index is 5600. The smallest absolute Gasteiger partial charge is 0.252 e. The SMILES string of the molecule is CCCCCc1cc2c3c(c1)N(c1c(-c4ccccc4)cccc1-c1ccccc1)c1ccccc1B3c1cc3c(cc1N2c1ccccc1)N(c1c(-c2ccccc2)cccc1-c1ccccc1)c1cc(CCCCC)cc2c1B3c1ccccc1N2c1c(-c2ccccc2)cccc1-c1ccccc1. The highest BCUT2D eigenvalue weighted by Gasteiger charge is 2.50. The third kappa shape index (κ3) is 11.0. The van der Waals surface area contributed by atoms with Crippen molar-refractivity contribution in [1.82, 2.24) is 0 Å². The van der Waals surface area contributed by atoms with Crippen molar-refractivity contribution in [2.75, 3.05) is 19.6 Å². The third-order valence-corrected chi connectivity index (χ3v) is 22.6. The molecule has 4 nitrogen and oxygen atoms in total. The number of rotatable bonds is 18. The van der Waals surface area contributed by atoms with Crippen LogP contribution in [0.15, 0.2) is 352 Å². The van der Waals surface area contributed by atoms with Crippen LogP contribution in [-0.4, -0.2) is 13.4 Å². The lowest BCUT2D eigenvalue weighted by Gasteiger charge is -2.48. The topological polar surface area (TPSA) is 13.0 Å². The van der Waals surface area contributed by atoms with Crippen LogP contribution in [0.3, 0.4) is 0 Å². The first-order valence-corrected chi connectivity index (χ1v) is 38.3. The summed E-state index contributed by atoms with van der Waals surface area (Å²) in [5.74, 6) is 0. The van der Waals surface area contributed by atoms with E-state index in [0.29, 0.717) is 0 Å². The summed E-state index contributed by atoms with van der Waals surface area (Å²) in [6.07, 6.45) is 8.60. The Balaban J connectivity index is 0.959. The molecular weight excluding hydrogens is 1280 g/mol. The van der Waals surface area contributed by atoms with Crippen molar-refractivity contribution in [2.45, 2.75) is 65.2 Å². The van der Waals surface area contributed by atoms with Gasteiger partial charge in [-0.2, -0.15) is 0 Å². The number of aryl methyl sites for hydroxylation is 2. The van der Waals surface area contributed by atoms with Crippen LogP contribution in [0.2, 0.25) is 0 Å². The molecule has 15 aromatic carbocycles. The molecule has 0 N–H and O–H groups in total. The van der Waals surface area contributed by atoms with E-state index in [4.69, 9.17) is 0 Å². The minimum absolute atomic E-state index is 0.181. The summed E-state index contributed by atoms with van der Waals surface area (Å²) < 4.78 is 0. The van der Waals surface area contributed by atoms with Crippen LogP contribution in [0.1, 0.15) is 63.5 Å². The van der Waals surface area contributed by atoms with Gasteiger partial charge in [-0.1, -0.05) is 337 Å².